The van der Waals surface area contributed by atoms with E-state index in [2.05, 4.69) is 4.72 Å². The molecule has 0 amide bonds. The lowest BCUT2D eigenvalue weighted by atomic mass is 10.2. The van der Waals surface area contributed by atoms with Crippen LogP contribution >= 0.6 is 0 Å². The molecule has 4 nitrogen and oxygen atoms in total. The number of para-hydroxylation sites is 2. The maximum Gasteiger partial charge on any atom is 0.262 e. The molecule has 0 aliphatic heterocycles. The minimum atomic E-state index is -3.62. The van der Waals surface area contributed by atoms with E-state index in [0.717, 1.165) is 5.56 Å². The number of anilines is 1. The number of benzene rings is 2. The predicted octanol–water partition coefficient (Wildman–Crippen LogP) is 3.83. The van der Waals surface area contributed by atoms with Crippen LogP contribution in [-0.2, 0) is 10.0 Å². The van der Waals surface area contributed by atoms with Crippen LogP contribution in [0.4, 0.5) is 5.69 Å². The minimum absolute atomic E-state index is 0.233. The number of ether oxygens (including phenoxy) is 1. The van der Waals surface area contributed by atoms with Gasteiger partial charge in [-0.15, -0.1) is 0 Å². The molecule has 0 aromatic heterocycles. The van der Waals surface area contributed by atoms with Crippen molar-refractivity contribution in [3.63, 3.8) is 0 Å². The van der Waals surface area contributed by atoms with Crippen LogP contribution in [0.1, 0.15) is 19.4 Å². The topological polar surface area (TPSA) is 55.4 Å². The normalized spacial score (nSPS) is 11.5. The number of aryl methyl sites for hydroxylation is 1. The van der Waals surface area contributed by atoms with E-state index in [1.54, 1.807) is 42.5 Å². The quantitative estimate of drug-likeness (QED) is 0.880. The molecule has 118 valence electrons. The summed E-state index contributed by atoms with van der Waals surface area (Å²) in [6, 6.07) is 13.8. The molecule has 2 aromatic rings. The first-order valence-corrected chi connectivity index (χ1v) is 8.68. The van der Waals surface area contributed by atoms with Gasteiger partial charge in [0.15, 0.2) is 0 Å². The molecule has 0 radical (unpaired) electrons. The van der Waals surface area contributed by atoms with Crippen LogP contribution in [-0.4, -0.2) is 15.0 Å². The van der Waals surface area contributed by atoms with Crippen molar-refractivity contribution in [2.24, 2.45) is 5.92 Å². The first-order valence-electron chi connectivity index (χ1n) is 7.20. The lowest BCUT2D eigenvalue weighted by Crippen LogP contribution is -2.14. The zero-order valence-corrected chi connectivity index (χ0v) is 13.9. The van der Waals surface area contributed by atoms with E-state index in [1.807, 2.05) is 26.8 Å². The van der Waals surface area contributed by atoms with Gasteiger partial charge in [0, 0.05) is 0 Å². The largest absolute Gasteiger partial charge is 0.491 e. The highest BCUT2D eigenvalue weighted by Gasteiger charge is 2.16. The van der Waals surface area contributed by atoms with E-state index in [4.69, 9.17) is 4.74 Å². The molecule has 0 fully saturated rings. The van der Waals surface area contributed by atoms with Crippen LogP contribution in [0.3, 0.4) is 0 Å². The summed E-state index contributed by atoms with van der Waals surface area (Å²) in [5, 5.41) is 0. The molecular weight excluding hydrogens is 298 g/mol. The SMILES string of the molecule is Cc1ccc(S(=O)(=O)Nc2ccccc2OCC(C)C)cc1. The molecule has 0 atom stereocenters. The summed E-state index contributed by atoms with van der Waals surface area (Å²) in [6.45, 7) is 6.53. The van der Waals surface area contributed by atoms with Crippen molar-refractivity contribution >= 4 is 15.7 Å². The molecule has 0 saturated carbocycles. The smallest absolute Gasteiger partial charge is 0.262 e. The van der Waals surface area contributed by atoms with Gasteiger partial charge in [-0.1, -0.05) is 43.7 Å². The van der Waals surface area contributed by atoms with Crippen molar-refractivity contribution in [2.45, 2.75) is 25.7 Å². The van der Waals surface area contributed by atoms with Gasteiger partial charge in [0.25, 0.3) is 10.0 Å². The maximum absolute atomic E-state index is 12.4. The third-order valence-electron chi connectivity index (χ3n) is 3.03. The van der Waals surface area contributed by atoms with Gasteiger partial charge in [-0.2, -0.15) is 0 Å². The highest BCUT2D eigenvalue weighted by molar-refractivity contribution is 7.92. The van der Waals surface area contributed by atoms with E-state index in [9.17, 15) is 8.42 Å². The Balaban J connectivity index is 2.24. The van der Waals surface area contributed by atoms with Gasteiger partial charge in [-0.05, 0) is 37.1 Å². The van der Waals surface area contributed by atoms with Crippen molar-refractivity contribution in [1.82, 2.24) is 0 Å². The van der Waals surface area contributed by atoms with Crippen molar-refractivity contribution in [3.8, 4) is 5.75 Å². The molecule has 2 aromatic carbocycles. The Bertz CT molecular complexity index is 722. The molecular formula is C17H21NO3S. The highest BCUT2D eigenvalue weighted by Crippen LogP contribution is 2.27. The molecule has 2 rings (SSSR count). The first kappa shape index (κ1) is 16.4. The molecule has 0 spiro atoms. The summed E-state index contributed by atoms with van der Waals surface area (Å²) in [5.74, 6) is 0.897. The third-order valence-corrected chi connectivity index (χ3v) is 4.42. The molecule has 0 saturated heterocycles. The van der Waals surface area contributed by atoms with E-state index in [1.165, 1.54) is 0 Å². The van der Waals surface area contributed by atoms with Crippen LogP contribution in [0.2, 0.25) is 0 Å². The van der Waals surface area contributed by atoms with Crippen molar-refractivity contribution in [2.75, 3.05) is 11.3 Å². The predicted molar refractivity (Wildman–Crippen MR) is 88.8 cm³/mol. The van der Waals surface area contributed by atoms with Crippen molar-refractivity contribution in [1.29, 1.82) is 0 Å². The maximum atomic E-state index is 12.4. The third kappa shape index (κ3) is 4.24. The Morgan fingerprint density at radius 1 is 1.05 bits per heavy atom. The van der Waals surface area contributed by atoms with Gasteiger partial charge in [0.1, 0.15) is 5.75 Å². The summed E-state index contributed by atoms with van der Waals surface area (Å²) in [5.41, 5.74) is 1.46. The second-order valence-corrected chi connectivity index (χ2v) is 7.30. The summed E-state index contributed by atoms with van der Waals surface area (Å²) in [6.07, 6.45) is 0. The number of hydrogen-bond acceptors (Lipinski definition) is 3. The molecule has 0 unspecified atom stereocenters. The van der Waals surface area contributed by atoms with Crippen LogP contribution < -0.4 is 9.46 Å². The van der Waals surface area contributed by atoms with Crippen LogP contribution in [0.25, 0.3) is 0 Å². The fourth-order valence-corrected chi connectivity index (χ4v) is 2.92. The van der Waals surface area contributed by atoms with Crippen molar-refractivity contribution in [3.05, 3.63) is 54.1 Å². The fourth-order valence-electron chi connectivity index (χ4n) is 1.85. The second-order valence-electron chi connectivity index (χ2n) is 5.62. The van der Waals surface area contributed by atoms with Gasteiger partial charge in [-0.25, -0.2) is 8.42 Å². The van der Waals surface area contributed by atoms with Crippen LogP contribution in [0, 0.1) is 12.8 Å². The number of hydrogen-bond donors (Lipinski definition) is 1. The number of sulfonamides is 1. The second kappa shape index (κ2) is 6.83. The summed E-state index contributed by atoms with van der Waals surface area (Å²) in [4.78, 5) is 0.233. The molecule has 5 heteroatoms. The van der Waals surface area contributed by atoms with Gasteiger partial charge in [0.2, 0.25) is 0 Å². The van der Waals surface area contributed by atoms with E-state index >= 15 is 0 Å². The minimum Gasteiger partial charge on any atom is -0.491 e. The lowest BCUT2D eigenvalue weighted by molar-refractivity contribution is 0.272. The molecule has 22 heavy (non-hydrogen) atoms. The monoisotopic (exact) mass is 319 g/mol. The average Bonchev–Trinajstić information content (AvgIpc) is 2.46. The van der Waals surface area contributed by atoms with Crippen LogP contribution in [0.5, 0.6) is 5.75 Å². The summed E-state index contributed by atoms with van der Waals surface area (Å²) in [7, 11) is -3.62. The van der Waals surface area contributed by atoms with E-state index in [0.29, 0.717) is 24.0 Å². The van der Waals surface area contributed by atoms with Gasteiger partial charge >= 0.3 is 0 Å². The summed E-state index contributed by atoms with van der Waals surface area (Å²) >= 11 is 0. The molecule has 0 heterocycles. The van der Waals surface area contributed by atoms with Gasteiger partial charge in [0.05, 0.1) is 17.2 Å². The summed E-state index contributed by atoms with van der Waals surface area (Å²) < 4.78 is 33.1. The average molecular weight is 319 g/mol. The number of rotatable bonds is 6. The zero-order chi connectivity index (χ0) is 16.2. The zero-order valence-electron chi connectivity index (χ0n) is 13.0. The van der Waals surface area contributed by atoms with E-state index in [-0.39, 0.29) is 4.90 Å². The first-order chi connectivity index (χ1) is 10.4. The molecule has 0 aliphatic rings. The molecule has 0 aliphatic carbocycles. The van der Waals surface area contributed by atoms with Crippen molar-refractivity contribution < 1.29 is 13.2 Å². The highest BCUT2D eigenvalue weighted by atomic mass is 32.2. The lowest BCUT2D eigenvalue weighted by Gasteiger charge is -2.14. The van der Waals surface area contributed by atoms with Gasteiger partial charge in [-0.3, -0.25) is 4.72 Å². The standard InChI is InChI=1S/C17H21NO3S/c1-13(2)12-21-17-7-5-4-6-16(17)18-22(19,20)15-10-8-14(3)9-11-15/h4-11,13,18H,12H2,1-3H3. The Hall–Kier alpha value is -2.01. The molecule has 1 N–H and O–H groups in total. The Morgan fingerprint density at radius 3 is 2.32 bits per heavy atom. The van der Waals surface area contributed by atoms with Gasteiger partial charge < -0.3 is 4.74 Å². The Morgan fingerprint density at radius 2 is 1.68 bits per heavy atom. The van der Waals surface area contributed by atoms with Crippen LogP contribution in [0.15, 0.2) is 53.4 Å². The Kier molecular flexibility index (Phi) is 5.08. The fraction of sp³-hybridized carbons (Fsp3) is 0.294. The van der Waals surface area contributed by atoms with E-state index < -0.39 is 10.0 Å². The Labute approximate surface area is 132 Å². The molecule has 0 bridgehead atoms. The number of nitrogens with one attached hydrogen (secondary N) is 1.